The lowest BCUT2D eigenvalue weighted by molar-refractivity contribution is 0.0269. The number of anilines is 1. The molecule has 0 aliphatic carbocycles. The Hall–Kier alpha value is -2.36. The number of carbonyl (C=O) groups is 1. The van der Waals surface area contributed by atoms with Gasteiger partial charge in [-0.2, -0.15) is 0 Å². The summed E-state index contributed by atoms with van der Waals surface area (Å²) in [4.78, 5) is 27.4. The van der Waals surface area contributed by atoms with Gasteiger partial charge in [0.2, 0.25) is 5.95 Å². The monoisotopic (exact) mass is 471 g/mol. The molecule has 2 aromatic rings. The molecule has 9 heteroatoms. The Labute approximate surface area is 199 Å². The number of aliphatic hydroxyl groups is 1. The Balaban J connectivity index is 1.40. The van der Waals surface area contributed by atoms with Gasteiger partial charge in [-0.05, 0) is 17.7 Å². The molecule has 0 amide bonds. The summed E-state index contributed by atoms with van der Waals surface area (Å²) in [6, 6.07) is 8.18. The summed E-state index contributed by atoms with van der Waals surface area (Å²) in [6.45, 7) is 7.30. The summed E-state index contributed by atoms with van der Waals surface area (Å²) in [6.07, 6.45) is 7.45. The summed E-state index contributed by atoms with van der Waals surface area (Å²) in [5.74, 6) is 0.246. The van der Waals surface area contributed by atoms with Crippen LogP contribution in [0.25, 0.3) is 6.08 Å². The van der Waals surface area contributed by atoms with E-state index in [0.717, 1.165) is 69.6 Å². The number of hydrogen-bond acceptors (Lipinski definition) is 8. The molecular weight excluding hydrogens is 442 g/mol. The Morgan fingerprint density at radius 1 is 1.06 bits per heavy atom. The molecule has 176 valence electrons. The van der Waals surface area contributed by atoms with Gasteiger partial charge in [0.1, 0.15) is 6.61 Å². The van der Waals surface area contributed by atoms with Crippen molar-refractivity contribution in [2.45, 2.75) is 6.04 Å². The minimum absolute atomic E-state index is 0.284. The van der Waals surface area contributed by atoms with Crippen LogP contribution in [0.2, 0.25) is 5.02 Å². The van der Waals surface area contributed by atoms with Crippen LogP contribution in [0, 0.1) is 0 Å². The average Bonchev–Trinajstić information content (AvgIpc) is 2.88. The zero-order chi connectivity index (χ0) is 23.0. The third kappa shape index (κ3) is 6.59. The molecule has 33 heavy (non-hydrogen) atoms. The zero-order valence-electron chi connectivity index (χ0n) is 18.6. The predicted molar refractivity (Wildman–Crippen MR) is 129 cm³/mol. The van der Waals surface area contributed by atoms with Crippen LogP contribution < -0.4 is 4.90 Å². The Bertz CT molecular complexity index is 924. The van der Waals surface area contributed by atoms with Gasteiger partial charge >= 0.3 is 0 Å². The van der Waals surface area contributed by atoms with Crippen LogP contribution in [-0.4, -0.2) is 102 Å². The number of hydrogen-bond donors (Lipinski definition) is 1. The lowest BCUT2D eigenvalue weighted by Crippen LogP contribution is -2.54. The molecule has 1 aromatic carbocycles. The van der Waals surface area contributed by atoms with Crippen molar-refractivity contribution in [1.82, 2.24) is 19.8 Å². The number of benzene rings is 1. The van der Waals surface area contributed by atoms with E-state index in [2.05, 4.69) is 36.8 Å². The van der Waals surface area contributed by atoms with Crippen molar-refractivity contribution in [2.75, 3.05) is 70.5 Å². The van der Waals surface area contributed by atoms with E-state index in [1.54, 1.807) is 0 Å². The van der Waals surface area contributed by atoms with Gasteiger partial charge in [-0.3, -0.25) is 14.6 Å². The zero-order valence-corrected chi connectivity index (χ0v) is 19.4. The van der Waals surface area contributed by atoms with Crippen molar-refractivity contribution < 1.29 is 14.6 Å². The van der Waals surface area contributed by atoms with Gasteiger partial charge < -0.3 is 14.7 Å². The molecule has 2 fully saturated rings. The maximum Gasteiger partial charge on any atom is 0.225 e. The number of Topliss-reactive ketones (excluding diaryl/α,β-unsaturated/α-hetero) is 1. The number of aromatic nitrogens is 2. The number of ether oxygens (including phenoxy) is 1. The number of nitrogens with zero attached hydrogens (tertiary/aromatic N) is 5. The largest absolute Gasteiger partial charge is 0.388 e. The number of piperazine rings is 1. The van der Waals surface area contributed by atoms with E-state index in [9.17, 15) is 4.79 Å². The normalized spacial score (nSPS) is 19.2. The van der Waals surface area contributed by atoms with E-state index in [4.69, 9.17) is 21.4 Å². The fourth-order valence-corrected chi connectivity index (χ4v) is 4.24. The Morgan fingerprint density at radius 2 is 1.73 bits per heavy atom. The van der Waals surface area contributed by atoms with Gasteiger partial charge in [-0.25, -0.2) is 9.97 Å². The molecule has 1 N–H and O–H groups in total. The van der Waals surface area contributed by atoms with Crippen molar-refractivity contribution in [2.24, 2.45) is 0 Å². The average molecular weight is 472 g/mol. The van der Waals surface area contributed by atoms with Crippen molar-refractivity contribution in [3.63, 3.8) is 0 Å². The van der Waals surface area contributed by atoms with Crippen LogP contribution >= 0.6 is 11.6 Å². The number of aliphatic hydroxyl groups excluding tert-OH is 1. The van der Waals surface area contributed by atoms with Crippen molar-refractivity contribution >= 4 is 29.4 Å². The third-order valence-electron chi connectivity index (χ3n) is 6.10. The van der Waals surface area contributed by atoms with Gasteiger partial charge in [-0.15, -0.1) is 0 Å². The molecule has 0 saturated carbocycles. The topological polar surface area (TPSA) is 82.0 Å². The highest BCUT2D eigenvalue weighted by Gasteiger charge is 2.26. The molecule has 3 heterocycles. The molecule has 0 bridgehead atoms. The van der Waals surface area contributed by atoms with Gasteiger partial charge in [-0.1, -0.05) is 35.9 Å². The second kappa shape index (κ2) is 11.7. The summed E-state index contributed by atoms with van der Waals surface area (Å²) in [5.41, 5.74) is 1.47. The maximum absolute atomic E-state index is 11.6. The summed E-state index contributed by atoms with van der Waals surface area (Å²) < 4.78 is 5.52. The lowest BCUT2D eigenvalue weighted by atomic mass is 10.1. The number of ketones is 1. The number of morpholine rings is 1. The summed E-state index contributed by atoms with van der Waals surface area (Å²) in [7, 11) is 0. The van der Waals surface area contributed by atoms with Crippen molar-refractivity contribution in [1.29, 1.82) is 0 Å². The first-order chi connectivity index (χ1) is 16.1. The molecule has 1 aromatic heterocycles. The Morgan fingerprint density at radius 3 is 2.36 bits per heavy atom. The van der Waals surface area contributed by atoms with Gasteiger partial charge in [0.15, 0.2) is 5.78 Å². The van der Waals surface area contributed by atoms with Crippen LogP contribution in [0.5, 0.6) is 0 Å². The highest BCUT2D eigenvalue weighted by atomic mass is 35.5. The molecule has 1 unspecified atom stereocenters. The predicted octanol–water partition coefficient (Wildman–Crippen LogP) is 1.84. The van der Waals surface area contributed by atoms with E-state index in [0.29, 0.717) is 11.5 Å². The van der Waals surface area contributed by atoms with Crippen LogP contribution in [0.1, 0.15) is 15.9 Å². The number of carbonyl (C=O) groups excluding carboxylic acids is 1. The first kappa shape index (κ1) is 23.8. The highest BCUT2D eigenvalue weighted by Crippen LogP contribution is 2.17. The fraction of sp³-hybridized carbons (Fsp3) is 0.458. The maximum atomic E-state index is 11.6. The van der Waals surface area contributed by atoms with Gasteiger partial charge in [0.25, 0.3) is 0 Å². The molecule has 0 radical (unpaired) electrons. The van der Waals surface area contributed by atoms with Gasteiger partial charge in [0, 0.05) is 69.3 Å². The third-order valence-corrected chi connectivity index (χ3v) is 6.35. The van der Waals surface area contributed by atoms with Crippen LogP contribution in [0.4, 0.5) is 5.95 Å². The summed E-state index contributed by atoms with van der Waals surface area (Å²) in [5, 5.41) is 9.73. The van der Waals surface area contributed by atoms with Crippen molar-refractivity contribution in [3.8, 4) is 0 Å². The standard InChI is InChI=1S/C24H30ClN5O3/c25-21-4-1-19(2-5-21)3-6-22(17-28-11-13-33-14-12-28)29-7-9-30(10-8-29)24-26-15-20(16-27-24)23(32)18-31/h1-6,15-16,22,31H,7-14,17-18H2/b6-3+. The highest BCUT2D eigenvalue weighted by molar-refractivity contribution is 6.30. The SMILES string of the molecule is O=C(CO)c1cnc(N2CCN(C(/C=C/c3ccc(Cl)cc3)CN3CCOCC3)CC2)nc1. The van der Waals surface area contributed by atoms with E-state index >= 15 is 0 Å². The molecule has 0 spiro atoms. The second-order valence-corrected chi connectivity index (χ2v) is 8.70. The number of halogens is 1. The fourth-order valence-electron chi connectivity index (χ4n) is 4.12. The van der Waals surface area contributed by atoms with E-state index in [-0.39, 0.29) is 11.8 Å². The minimum atomic E-state index is -0.532. The van der Waals surface area contributed by atoms with E-state index in [1.807, 2.05) is 24.3 Å². The van der Waals surface area contributed by atoms with Crippen LogP contribution in [-0.2, 0) is 4.74 Å². The van der Waals surface area contributed by atoms with Crippen LogP contribution in [0.3, 0.4) is 0 Å². The smallest absolute Gasteiger partial charge is 0.225 e. The minimum Gasteiger partial charge on any atom is -0.388 e. The van der Waals surface area contributed by atoms with Gasteiger partial charge in [0.05, 0.1) is 18.8 Å². The van der Waals surface area contributed by atoms with E-state index < -0.39 is 6.61 Å². The quantitative estimate of drug-likeness (QED) is 0.584. The van der Waals surface area contributed by atoms with Crippen LogP contribution in [0.15, 0.2) is 42.7 Å². The molecule has 2 aliphatic heterocycles. The molecule has 2 saturated heterocycles. The lowest BCUT2D eigenvalue weighted by Gasteiger charge is -2.40. The first-order valence-electron chi connectivity index (χ1n) is 11.3. The van der Waals surface area contributed by atoms with E-state index in [1.165, 1.54) is 12.4 Å². The molecule has 4 rings (SSSR count). The Kier molecular flexibility index (Phi) is 8.41. The van der Waals surface area contributed by atoms with Crippen molar-refractivity contribution in [3.05, 3.63) is 58.9 Å². The summed E-state index contributed by atoms with van der Waals surface area (Å²) >= 11 is 6.03. The second-order valence-electron chi connectivity index (χ2n) is 8.27. The molecular formula is C24H30ClN5O3. The molecule has 2 aliphatic rings. The molecule has 8 nitrogen and oxygen atoms in total. The molecule has 1 atom stereocenters. The number of rotatable bonds is 8. The first-order valence-corrected chi connectivity index (χ1v) is 11.7.